The summed E-state index contributed by atoms with van der Waals surface area (Å²) >= 11 is 0. The Labute approximate surface area is 283 Å². The van der Waals surface area contributed by atoms with Crippen LogP contribution >= 0.6 is 0 Å². The van der Waals surface area contributed by atoms with E-state index in [0.717, 1.165) is 43.5 Å². The van der Waals surface area contributed by atoms with Crippen LogP contribution in [0.15, 0.2) is 48.5 Å². The molecule has 2 aliphatic rings. The SMILES string of the molecule is CN(CCC1CCNCC1)C(=O)c1ccc2c(c1)NC(CC(=O)O)C(=O)N(CCc1ccccc1)C2.O=C(O)C(F)(F)F.O=C(O)C(F)(F)F. The van der Waals surface area contributed by atoms with Gasteiger partial charge in [-0.25, -0.2) is 9.59 Å². The summed E-state index contributed by atoms with van der Waals surface area (Å²) in [5.74, 6) is -6.23. The molecule has 1 saturated heterocycles. The summed E-state index contributed by atoms with van der Waals surface area (Å²) in [5, 5.41) is 30.2. The summed E-state index contributed by atoms with van der Waals surface area (Å²) < 4.78 is 63.5. The average molecular weight is 721 g/mol. The second-order valence-electron chi connectivity index (χ2n) is 11.5. The standard InChI is InChI=1S/C28H36N4O4.2C2HF3O2/c1-31(15-11-21-9-13-29-14-10-21)27(35)22-7-8-23-19-32(16-12-20-5-3-2-4-6-20)28(36)25(18-26(33)34)30-24(23)17-22;2*3-2(4,5)1(6)7/h2-8,17,21,25,29-30H,9-16,18-19H2,1H3,(H,33,34);2*(H,6,7). The third kappa shape index (κ3) is 13.9. The third-order valence-electron chi connectivity index (χ3n) is 7.71. The van der Waals surface area contributed by atoms with Crippen LogP contribution in [0.25, 0.3) is 0 Å². The molecule has 276 valence electrons. The van der Waals surface area contributed by atoms with Gasteiger partial charge in [-0.1, -0.05) is 36.4 Å². The number of alkyl halides is 6. The zero-order valence-corrected chi connectivity index (χ0v) is 26.9. The van der Waals surface area contributed by atoms with Crippen molar-refractivity contribution in [1.82, 2.24) is 15.1 Å². The minimum atomic E-state index is -5.08. The molecule has 0 bridgehead atoms. The van der Waals surface area contributed by atoms with Gasteiger partial charge in [-0.15, -0.1) is 0 Å². The summed E-state index contributed by atoms with van der Waals surface area (Å²) in [6, 6.07) is 14.5. The largest absolute Gasteiger partial charge is 0.490 e. The Kier molecular flexibility index (Phi) is 15.5. The van der Waals surface area contributed by atoms with Gasteiger partial charge in [0.05, 0.1) is 6.42 Å². The zero-order valence-electron chi connectivity index (χ0n) is 26.9. The lowest BCUT2D eigenvalue weighted by atomic mass is 9.94. The first-order valence-corrected chi connectivity index (χ1v) is 15.3. The second-order valence-corrected chi connectivity index (χ2v) is 11.5. The van der Waals surface area contributed by atoms with E-state index >= 15 is 0 Å². The number of nitrogens with one attached hydrogen (secondary N) is 2. The average Bonchev–Trinajstić information content (AvgIpc) is 3.17. The molecule has 1 unspecified atom stereocenters. The number of carbonyl (C=O) groups is 5. The Hall–Kier alpha value is -4.87. The summed E-state index contributed by atoms with van der Waals surface area (Å²) in [6.45, 7) is 3.63. The van der Waals surface area contributed by atoms with Gasteiger partial charge in [0.2, 0.25) is 5.91 Å². The second kappa shape index (κ2) is 18.8. The topological polar surface area (TPSA) is 177 Å². The molecule has 2 amide bonds. The Morgan fingerprint density at radius 3 is 1.98 bits per heavy atom. The number of hydrogen-bond donors (Lipinski definition) is 5. The fourth-order valence-corrected chi connectivity index (χ4v) is 5.01. The highest BCUT2D eigenvalue weighted by molar-refractivity contribution is 5.96. The van der Waals surface area contributed by atoms with E-state index in [1.807, 2.05) is 43.4 Å². The summed E-state index contributed by atoms with van der Waals surface area (Å²) in [7, 11) is 1.82. The van der Waals surface area contributed by atoms with Crippen molar-refractivity contribution in [3.63, 3.8) is 0 Å². The van der Waals surface area contributed by atoms with Gasteiger partial charge in [0, 0.05) is 37.9 Å². The van der Waals surface area contributed by atoms with Crippen LogP contribution in [0.4, 0.5) is 32.0 Å². The molecule has 0 aromatic heterocycles. The van der Waals surface area contributed by atoms with Crippen molar-refractivity contribution in [3.05, 3.63) is 65.2 Å². The molecule has 2 aliphatic heterocycles. The summed E-state index contributed by atoms with van der Waals surface area (Å²) in [6.07, 6.45) is -6.54. The van der Waals surface area contributed by atoms with Crippen LogP contribution in [-0.2, 0) is 32.1 Å². The molecule has 2 aromatic carbocycles. The number of carbonyl (C=O) groups excluding carboxylic acids is 2. The van der Waals surface area contributed by atoms with Crippen molar-refractivity contribution in [2.24, 2.45) is 5.92 Å². The van der Waals surface area contributed by atoms with Gasteiger partial charge >= 0.3 is 30.3 Å². The van der Waals surface area contributed by atoms with Crippen molar-refractivity contribution in [3.8, 4) is 0 Å². The number of hydrogen-bond acceptors (Lipinski definition) is 7. The van der Waals surface area contributed by atoms with Crippen molar-refractivity contribution in [2.75, 3.05) is 38.5 Å². The van der Waals surface area contributed by atoms with E-state index in [-0.39, 0.29) is 18.2 Å². The quantitative estimate of drug-likeness (QED) is 0.236. The van der Waals surface area contributed by atoms with E-state index in [0.29, 0.717) is 43.2 Å². The maximum atomic E-state index is 13.3. The van der Waals surface area contributed by atoms with Crippen LogP contribution in [0.1, 0.15) is 47.2 Å². The highest BCUT2D eigenvalue weighted by Gasteiger charge is 2.39. The molecule has 12 nitrogen and oxygen atoms in total. The molecule has 1 atom stereocenters. The molecular formula is C32H38F6N4O8. The number of carboxylic acids is 3. The van der Waals surface area contributed by atoms with Crippen LogP contribution in [-0.4, -0.2) is 106 Å². The number of anilines is 1. The lowest BCUT2D eigenvalue weighted by Gasteiger charge is -2.25. The Bertz CT molecular complexity index is 1440. The zero-order chi connectivity index (χ0) is 37.6. The van der Waals surface area contributed by atoms with E-state index in [4.69, 9.17) is 19.8 Å². The van der Waals surface area contributed by atoms with Crippen molar-refractivity contribution < 1.29 is 65.6 Å². The monoisotopic (exact) mass is 720 g/mol. The molecule has 0 spiro atoms. The summed E-state index contributed by atoms with van der Waals surface area (Å²) in [4.78, 5) is 59.2. The smallest absolute Gasteiger partial charge is 0.481 e. The number of carboxylic acid groups (broad SMARTS) is 3. The molecule has 5 N–H and O–H groups in total. The van der Waals surface area contributed by atoms with E-state index in [1.54, 1.807) is 21.9 Å². The molecule has 50 heavy (non-hydrogen) atoms. The van der Waals surface area contributed by atoms with E-state index in [9.17, 15) is 45.8 Å². The van der Waals surface area contributed by atoms with Crippen LogP contribution in [0.2, 0.25) is 0 Å². The fourth-order valence-electron chi connectivity index (χ4n) is 5.01. The maximum absolute atomic E-state index is 13.3. The number of piperidine rings is 1. The molecule has 2 heterocycles. The Morgan fingerprint density at radius 2 is 1.46 bits per heavy atom. The maximum Gasteiger partial charge on any atom is 0.490 e. The predicted molar refractivity (Wildman–Crippen MR) is 166 cm³/mol. The first-order chi connectivity index (χ1) is 23.3. The van der Waals surface area contributed by atoms with E-state index in [2.05, 4.69) is 10.6 Å². The normalized spacial score (nSPS) is 16.3. The third-order valence-corrected chi connectivity index (χ3v) is 7.71. The molecule has 2 aromatic rings. The lowest BCUT2D eigenvalue weighted by molar-refractivity contribution is -0.193. The van der Waals surface area contributed by atoms with Gasteiger partial charge < -0.3 is 35.8 Å². The number of nitrogens with zero attached hydrogens (tertiary/aromatic N) is 2. The van der Waals surface area contributed by atoms with Gasteiger partial charge in [0.15, 0.2) is 0 Å². The number of rotatable bonds is 9. The molecule has 4 rings (SSSR count). The van der Waals surface area contributed by atoms with E-state index < -0.39 is 36.3 Å². The molecular weight excluding hydrogens is 682 g/mol. The van der Waals surface area contributed by atoms with Crippen LogP contribution in [0.3, 0.4) is 0 Å². The van der Waals surface area contributed by atoms with Gasteiger partial charge in [-0.05, 0) is 68.0 Å². The lowest BCUT2D eigenvalue weighted by Crippen LogP contribution is -2.42. The van der Waals surface area contributed by atoms with E-state index in [1.165, 1.54) is 0 Å². The number of benzene rings is 2. The number of fused-ring (bicyclic) bond motifs is 1. The van der Waals surface area contributed by atoms with Crippen molar-refractivity contribution >= 4 is 35.4 Å². The van der Waals surface area contributed by atoms with Gasteiger partial charge in [0.25, 0.3) is 5.91 Å². The molecule has 0 saturated carbocycles. The fraction of sp³-hybridized carbons (Fsp3) is 0.469. The molecule has 1 fully saturated rings. The Morgan fingerprint density at radius 1 is 0.900 bits per heavy atom. The van der Waals surface area contributed by atoms with Crippen LogP contribution < -0.4 is 10.6 Å². The molecule has 0 aliphatic carbocycles. The number of aliphatic carboxylic acids is 3. The first kappa shape index (κ1) is 41.3. The van der Waals surface area contributed by atoms with Gasteiger partial charge in [-0.3, -0.25) is 14.4 Å². The number of halogens is 6. The van der Waals surface area contributed by atoms with Crippen LogP contribution in [0, 0.1) is 5.92 Å². The minimum Gasteiger partial charge on any atom is -0.481 e. The minimum absolute atomic E-state index is 0.0696. The highest BCUT2D eigenvalue weighted by Crippen LogP contribution is 2.27. The van der Waals surface area contributed by atoms with Crippen molar-refractivity contribution in [2.45, 2.75) is 57.0 Å². The molecule has 0 radical (unpaired) electrons. The van der Waals surface area contributed by atoms with Gasteiger partial charge in [0.1, 0.15) is 6.04 Å². The molecule has 18 heteroatoms. The Balaban J connectivity index is 0.000000521. The highest BCUT2D eigenvalue weighted by atomic mass is 19.4. The predicted octanol–water partition coefficient (Wildman–Crippen LogP) is 4.26. The summed E-state index contributed by atoms with van der Waals surface area (Å²) in [5.41, 5.74) is 3.17. The number of amides is 2. The van der Waals surface area contributed by atoms with Crippen LogP contribution in [0.5, 0.6) is 0 Å². The van der Waals surface area contributed by atoms with Gasteiger partial charge in [-0.2, -0.15) is 26.3 Å². The van der Waals surface area contributed by atoms with Crippen molar-refractivity contribution in [1.29, 1.82) is 0 Å². The first-order valence-electron chi connectivity index (χ1n) is 15.3.